The molecule has 0 saturated heterocycles. The first-order valence-electron chi connectivity index (χ1n) is 3.54. The normalized spacial score (nSPS) is 10.7. The molecule has 0 aromatic carbocycles. The van der Waals surface area contributed by atoms with Crippen molar-refractivity contribution in [2.75, 3.05) is 0 Å². The van der Waals surface area contributed by atoms with Crippen molar-refractivity contribution in [1.82, 2.24) is 14.4 Å². The number of imidazole rings is 1. The summed E-state index contributed by atoms with van der Waals surface area (Å²) in [7, 11) is 0. The third-order valence-electron chi connectivity index (χ3n) is 1.73. The number of fused-ring (bicyclic) bond motifs is 1. The summed E-state index contributed by atoms with van der Waals surface area (Å²) in [5, 5.41) is 0. The van der Waals surface area contributed by atoms with Crippen LogP contribution in [0.4, 0.5) is 0 Å². The van der Waals surface area contributed by atoms with Gasteiger partial charge in [0.15, 0.2) is 0 Å². The van der Waals surface area contributed by atoms with Gasteiger partial charge in [-0.1, -0.05) is 0 Å². The van der Waals surface area contributed by atoms with E-state index in [2.05, 4.69) is 9.97 Å². The van der Waals surface area contributed by atoms with Gasteiger partial charge in [-0.15, -0.1) is 0 Å². The van der Waals surface area contributed by atoms with Gasteiger partial charge in [-0.2, -0.15) is 0 Å². The molecule has 0 amide bonds. The minimum Gasteiger partial charge on any atom is -0.301 e. The molecule has 0 saturated carbocycles. The van der Waals surface area contributed by atoms with E-state index in [1.807, 2.05) is 36.8 Å². The van der Waals surface area contributed by atoms with E-state index in [9.17, 15) is 0 Å². The molecule has 0 radical (unpaired) electrons. The lowest BCUT2D eigenvalue weighted by atomic mass is 10.5. The largest absolute Gasteiger partial charge is 0.301 e. The average molecular weight is 147 g/mol. The van der Waals surface area contributed by atoms with Gasteiger partial charge < -0.3 is 4.40 Å². The summed E-state index contributed by atoms with van der Waals surface area (Å²) in [5.74, 6) is 1.01. The highest BCUT2D eigenvalue weighted by Crippen LogP contribution is 2.04. The fourth-order valence-electron chi connectivity index (χ4n) is 1.12. The standard InChI is InChI=1S/C8H9N3/c1-6-5-11-7(2)10-4-8(11)3-9-6/h3-5H,1-2H3. The van der Waals surface area contributed by atoms with Crippen LogP contribution in [0, 0.1) is 13.8 Å². The van der Waals surface area contributed by atoms with E-state index in [1.54, 1.807) is 0 Å². The van der Waals surface area contributed by atoms with Crippen LogP contribution in [-0.4, -0.2) is 14.4 Å². The van der Waals surface area contributed by atoms with Gasteiger partial charge in [0.25, 0.3) is 0 Å². The molecule has 0 N–H and O–H groups in total. The van der Waals surface area contributed by atoms with Crippen molar-refractivity contribution >= 4 is 5.52 Å². The lowest BCUT2D eigenvalue weighted by Crippen LogP contribution is -1.90. The van der Waals surface area contributed by atoms with Crippen LogP contribution in [0.2, 0.25) is 0 Å². The van der Waals surface area contributed by atoms with Crippen molar-refractivity contribution in [3.8, 4) is 0 Å². The van der Waals surface area contributed by atoms with Crippen molar-refractivity contribution in [2.45, 2.75) is 13.8 Å². The second kappa shape index (κ2) is 2.05. The average Bonchev–Trinajstić information content (AvgIpc) is 2.33. The quantitative estimate of drug-likeness (QED) is 0.563. The molecule has 2 aromatic rings. The lowest BCUT2D eigenvalue weighted by Gasteiger charge is -1.95. The van der Waals surface area contributed by atoms with Crippen LogP contribution in [0.15, 0.2) is 18.6 Å². The number of hydrogen-bond donors (Lipinski definition) is 0. The molecule has 11 heavy (non-hydrogen) atoms. The van der Waals surface area contributed by atoms with Gasteiger partial charge >= 0.3 is 0 Å². The Kier molecular flexibility index (Phi) is 1.18. The zero-order chi connectivity index (χ0) is 7.84. The molecule has 2 rings (SSSR count). The Morgan fingerprint density at radius 3 is 2.73 bits per heavy atom. The van der Waals surface area contributed by atoms with Crippen LogP contribution in [0.25, 0.3) is 5.52 Å². The van der Waals surface area contributed by atoms with E-state index in [0.29, 0.717) is 0 Å². The number of nitrogens with zero attached hydrogens (tertiary/aromatic N) is 3. The van der Waals surface area contributed by atoms with E-state index in [-0.39, 0.29) is 0 Å². The highest BCUT2D eigenvalue weighted by atomic mass is 15.0. The van der Waals surface area contributed by atoms with Crippen molar-refractivity contribution in [2.24, 2.45) is 0 Å². The van der Waals surface area contributed by atoms with Crippen LogP contribution >= 0.6 is 0 Å². The number of hydrogen-bond acceptors (Lipinski definition) is 2. The first-order valence-corrected chi connectivity index (χ1v) is 3.54. The van der Waals surface area contributed by atoms with Gasteiger partial charge in [0.2, 0.25) is 0 Å². The highest BCUT2D eigenvalue weighted by molar-refractivity contribution is 5.43. The van der Waals surface area contributed by atoms with Gasteiger partial charge in [-0.05, 0) is 13.8 Å². The van der Waals surface area contributed by atoms with Crippen molar-refractivity contribution in [3.63, 3.8) is 0 Å². The van der Waals surface area contributed by atoms with Crippen molar-refractivity contribution in [3.05, 3.63) is 30.1 Å². The first-order chi connectivity index (χ1) is 5.27. The van der Waals surface area contributed by atoms with Gasteiger partial charge in [-0.3, -0.25) is 4.98 Å². The maximum atomic E-state index is 4.16. The summed E-state index contributed by atoms with van der Waals surface area (Å²) in [5.41, 5.74) is 2.06. The fraction of sp³-hybridized carbons (Fsp3) is 0.250. The third-order valence-corrected chi connectivity index (χ3v) is 1.73. The summed E-state index contributed by atoms with van der Waals surface area (Å²) in [6, 6.07) is 0. The minimum atomic E-state index is 1.01. The van der Waals surface area contributed by atoms with Gasteiger partial charge in [0.1, 0.15) is 5.82 Å². The summed E-state index contributed by atoms with van der Waals surface area (Å²) in [4.78, 5) is 8.32. The Labute approximate surface area is 64.7 Å². The zero-order valence-corrected chi connectivity index (χ0v) is 6.57. The second-order valence-corrected chi connectivity index (χ2v) is 2.63. The van der Waals surface area contributed by atoms with Crippen LogP contribution < -0.4 is 0 Å². The van der Waals surface area contributed by atoms with E-state index in [1.165, 1.54) is 0 Å². The van der Waals surface area contributed by atoms with Gasteiger partial charge in [0.05, 0.1) is 23.6 Å². The Hall–Kier alpha value is -1.38. The lowest BCUT2D eigenvalue weighted by molar-refractivity contribution is 1.00. The minimum absolute atomic E-state index is 1.01. The van der Waals surface area contributed by atoms with Crippen LogP contribution in [0.1, 0.15) is 11.5 Å². The molecule has 0 unspecified atom stereocenters. The summed E-state index contributed by atoms with van der Waals surface area (Å²) >= 11 is 0. The van der Waals surface area contributed by atoms with Crippen molar-refractivity contribution < 1.29 is 0 Å². The van der Waals surface area contributed by atoms with Crippen LogP contribution in [0.5, 0.6) is 0 Å². The molecule has 0 spiro atoms. The number of aromatic nitrogens is 3. The Morgan fingerprint density at radius 2 is 1.91 bits per heavy atom. The molecule has 0 aliphatic carbocycles. The summed E-state index contributed by atoms with van der Waals surface area (Å²) < 4.78 is 2.03. The van der Waals surface area contributed by atoms with Gasteiger partial charge in [0, 0.05) is 6.20 Å². The molecule has 56 valence electrons. The molecule has 0 aliphatic heterocycles. The molecule has 3 heteroatoms. The summed E-state index contributed by atoms with van der Waals surface area (Å²) in [6.45, 7) is 3.95. The second-order valence-electron chi connectivity index (χ2n) is 2.63. The molecule has 0 fully saturated rings. The predicted octanol–water partition coefficient (Wildman–Crippen LogP) is 1.35. The number of rotatable bonds is 0. The maximum Gasteiger partial charge on any atom is 0.110 e. The molecule has 0 aliphatic rings. The van der Waals surface area contributed by atoms with E-state index >= 15 is 0 Å². The SMILES string of the molecule is Cc1cn2c(C)ncc2cn1. The zero-order valence-electron chi connectivity index (χ0n) is 6.57. The van der Waals surface area contributed by atoms with Crippen LogP contribution in [-0.2, 0) is 0 Å². The topological polar surface area (TPSA) is 30.2 Å². The third kappa shape index (κ3) is 0.888. The van der Waals surface area contributed by atoms with Crippen LogP contribution in [0.3, 0.4) is 0 Å². The number of aryl methyl sites for hydroxylation is 2. The smallest absolute Gasteiger partial charge is 0.110 e. The highest BCUT2D eigenvalue weighted by Gasteiger charge is 1.97. The molecule has 0 atom stereocenters. The monoisotopic (exact) mass is 147 g/mol. The van der Waals surface area contributed by atoms with Crippen molar-refractivity contribution in [1.29, 1.82) is 0 Å². The fourth-order valence-corrected chi connectivity index (χ4v) is 1.12. The maximum absolute atomic E-state index is 4.16. The Bertz CT molecular complexity index is 389. The predicted molar refractivity (Wildman–Crippen MR) is 42.5 cm³/mol. The molecule has 2 heterocycles. The van der Waals surface area contributed by atoms with E-state index in [4.69, 9.17) is 0 Å². The first kappa shape index (κ1) is 6.34. The molecular formula is C8H9N3. The Morgan fingerprint density at radius 1 is 1.18 bits per heavy atom. The Balaban J connectivity index is 2.87. The van der Waals surface area contributed by atoms with E-state index < -0.39 is 0 Å². The van der Waals surface area contributed by atoms with Gasteiger partial charge in [-0.25, -0.2) is 4.98 Å². The van der Waals surface area contributed by atoms with E-state index in [0.717, 1.165) is 17.0 Å². The molecule has 0 bridgehead atoms. The molecule has 3 nitrogen and oxygen atoms in total. The molecular weight excluding hydrogens is 138 g/mol. The molecule has 2 aromatic heterocycles. The summed E-state index contributed by atoms with van der Waals surface area (Å²) in [6.07, 6.45) is 5.63.